The summed E-state index contributed by atoms with van der Waals surface area (Å²) in [7, 11) is 0. The number of piperidine rings is 1. The van der Waals surface area contributed by atoms with Crippen molar-refractivity contribution in [1.82, 2.24) is 14.7 Å². The van der Waals surface area contributed by atoms with Crippen LogP contribution in [0.2, 0.25) is 0 Å². The van der Waals surface area contributed by atoms with E-state index in [1.165, 1.54) is 12.8 Å². The minimum atomic E-state index is 0.0556. The molecule has 0 bridgehead atoms. The Morgan fingerprint density at radius 1 is 1.35 bits per heavy atom. The molecule has 3 rings (SSSR count). The minimum absolute atomic E-state index is 0.0556. The Kier molecular flexibility index (Phi) is 3.78. The van der Waals surface area contributed by atoms with Crippen molar-refractivity contribution in [2.24, 2.45) is 0 Å². The lowest BCUT2D eigenvalue weighted by molar-refractivity contribution is -0.107. The summed E-state index contributed by atoms with van der Waals surface area (Å²) in [5, 5.41) is 4.18. The third-order valence-electron chi connectivity index (χ3n) is 4.63. The highest BCUT2D eigenvalue weighted by Gasteiger charge is 2.38. The molecule has 1 amide bonds. The molecule has 0 aliphatic carbocycles. The Bertz CT molecular complexity index is 467. The number of aromatic nitrogens is 2. The van der Waals surface area contributed by atoms with Crippen molar-refractivity contribution in [2.75, 3.05) is 19.7 Å². The van der Waals surface area contributed by atoms with E-state index in [2.05, 4.69) is 5.10 Å². The van der Waals surface area contributed by atoms with Crippen LogP contribution in [0.25, 0.3) is 0 Å². The van der Waals surface area contributed by atoms with E-state index in [1.54, 1.807) is 10.9 Å². The third-order valence-corrected chi connectivity index (χ3v) is 4.63. The zero-order chi connectivity index (χ0) is 14.0. The Morgan fingerprint density at radius 3 is 2.80 bits per heavy atom. The van der Waals surface area contributed by atoms with E-state index in [0.717, 1.165) is 45.5 Å². The molecule has 1 spiro atoms. The van der Waals surface area contributed by atoms with Gasteiger partial charge in [-0.1, -0.05) is 0 Å². The molecule has 2 saturated heterocycles. The number of carbonyl (C=O) groups is 1. The normalized spacial score (nSPS) is 22.1. The van der Waals surface area contributed by atoms with Crippen LogP contribution in [-0.2, 0) is 11.3 Å². The monoisotopic (exact) mass is 277 g/mol. The summed E-state index contributed by atoms with van der Waals surface area (Å²) >= 11 is 0. The van der Waals surface area contributed by atoms with E-state index in [1.807, 2.05) is 17.9 Å². The number of nitrogens with zero attached hydrogens (tertiary/aromatic N) is 3. The average molecular weight is 277 g/mol. The third kappa shape index (κ3) is 2.46. The Hall–Kier alpha value is -1.36. The Morgan fingerprint density at radius 2 is 2.15 bits per heavy atom. The van der Waals surface area contributed by atoms with Crippen molar-refractivity contribution in [3.05, 3.63) is 18.0 Å². The maximum absolute atomic E-state index is 12.5. The zero-order valence-electron chi connectivity index (χ0n) is 12.2. The standard InChI is InChI=1S/C15H23N3O2/c1-2-18-13(5-9-16-18)14(19)17-10-7-15(8-11-17)6-3-4-12-20-15/h5,9H,2-4,6-8,10-12H2,1H3. The molecule has 1 aromatic rings. The average Bonchev–Trinajstić information content (AvgIpc) is 2.97. The summed E-state index contributed by atoms with van der Waals surface area (Å²) in [4.78, 5) is 14.5. The summed E-state index contributed by atoms with van der Waals surface area (Å²) in [5.74, 6) is 0.106. The lowest BCUT2D eigenvalue weighted by Gasteiger charge is -2.43. The Labute approximate surface area is 119 Å². The molecule has 0 radical (unpaired) electrons. The van der Waals surface area contributed by atoms with Crippen LogP contribution in [-0.4, -0.2) is 45.9 Å². The van der Waals surface area contributed by atoms with E-state index in [0.29, 0.717) is 5.69 Å². The maximum atomic E-state index is 12.5. The number of aryl methyl sites for hydroxylation is 1. The molecule has 2 aliphatic rings. The van der Waals surface area contributed by atoms with Crippen molar-refractivity contribution in [2.45, 2.75) is 51.2 Å². The molecular formula is C15H23N3O2. The molecule has 20 heavy (non-hydrogen) atoms. The van der Waals surface area contributed by atoms with Gasteiger partial charge in [0.15, 0.2) is 0 Å². The van der Waals surface area contributed by atoms with E-state index in [-0.39, 0.29) is 11.5 Å². The fraction of sp³-hybridized carbons (Fsp3) is 0.733. The van der Waals surface area contributed by atoms with Crippen LogP contribution in [0.15, 0.2) is 12.3 Å². The number of hydrogen-bond acceptors (Lipinski definition) is 3. The van der Waals surface area contributed by atoms with Crippen LogP contribution in [0.4, 0.5) is 0 Å². The van der Waals surface area contributed by atoms with Gasteiger partial charge in [-0.25, -0.2) is 0 Å². The quantitative estimate of drug-likeness (QED) is 0.831. The first kappa shape index (κ1) is 13.6. The lowest BCUT2D eigenvalue weighted by atomic mass is 9.84. The van der Waals surface area contributed by atoms with Crippen molar-refractivity contribution >= 4 is 5.91 Å². The number of likely N-dealkylation sites (tertiary alicyclic amines) is 1. The summed E-state index contributed by atoms with van der Waals surface area (Å²) in [6.45, 7) is 5.22. The SMILES string of the molecule is CCn1nccc1C(=O)N1CCC2(CCCCO2)CC1. The molecular weight excluding hydrogens is 254 g/mol. The molecule has 5 heteroatoms. The second-order valence-electron chi connectivity index (χ2n) is 5.81. The van der Waals surface area contributed by atoms with Crippen LogP contribution in [0.3, 0.4) is 0 Å². The summed E-state index contributed by atoms with van der Waals surface area (Å²) in [6.07, 6.45) is 7.24. The fourth-order valence-corrected chi connectivity index (χ4v) is 3.35. The van der Waals surface area contributed by atoms with Crippen molar-refractivity contribution in [3.63, 3.8) is 0 Å². The molecule has 3 heterocycles. The first-order valence-corrected chi connectivity index (χ1v) is 7.69. The largest absolute Gasteiger partial charge is 0.375 e. The summed E-state index contributed by atoms with van der Waals surface area (Å²) in [5.41, 5.74) is 0.757. The molecule has 0 unspecified atom stereocenters. The lowest BCUT2D eigenvalue weighted by Crippen LogP contribution is -2.49. The van der Waals surface area contributed by atoms with Gasteiger partial charge >= 0.3 is 0 Å². The van der Waals surface area contributed by atoms with Crippen LogP contribution in [0, 0.1) is 0 Å². The van der Waals surface area contributed by atoms with Crippen LogP contribution in [0.5, 0.6) is 0 Å². The molecule has 0 atom stereocenters. The van der Waals surface area contributed by atoms with Crippen molar-refractivity contribution in [1.29, 1.82) is 0 Å². The first-order chi connectivity index (χ1) is 9.74. The maximum Gasteiger partial charge on any atom is 0.272 e. The van der Waals surface area contributed by atoms with Gasteiger partial charge in [-0.3, -0.25) is 9.48 Å². The molecule has 1 aromatic heterocycles. The highest BCUT2D eigenvalue weighted by molar-refractivity contribution is 5.92. The molecule has 0 aromatic carbocycles. The Balaban J connectivity index is 1.64. The minimum Gasteiger partial charge on any atom is -0.375 e. The zero-order valence-corrected chi connectivity index (χ0v) is 12.2. The first-order valence-electron chi connectivity index (χ1n) is 7.69. The topological polar surface area (TPSA) is 47.4 Å². The molecule has 0 N–H and O–H groups in total. The summed E-state index contributed by atoms with van der Waals surface area (Å²) < 4.78 is 7.78. The fourth-order valence-electron chi connectivity index (χ4n) is 3.35. The number of ether oxygens (including phenoxy) is 1. The van der Waals surface area contributed by atoms with E-state index in [4.69, 9.17) is 4.74 Å². The smallest absolute Gasteiger partial charge is 0.272 e. The predicted octanol–water partition coefficient (Wildman–Crippen LogP) is 2.08. The highest BCUT2D eigenvalue weighted by Crippen LogP contribution is 2.35. The number of carbonyl (C=O) groups excluding carboxylic acids is 1. The van der Waals surface area contributed by atoms with Gasteiger partial charge < -0.3 is 9.64 Å². The van der Waals surface area contributed by atoms with Gasteiger partial charge in [-0.2, -0.15) is 5.10 Å². The molecule has 110 valence electrons. The van der Waals surface area contributed by atoms with Crippen molar-refractivity contribution < 1.29 is 9.53 Å². The number of hydrogen-bond donors (Lipinski definition) is 0. The van der Waals surface area contributed by atoms with Crippen LogP contribution >= 0.6 is 0 Å². The molecule has 2 aliphatic heterocycles. The van der Waals surface area contributed by atoms with Crippen LogP contribution in [0.1, 0.15) is 49.5 Å². The molecule has 0 saturated carbocycles. The van der Waals surface area contributed by atoms with Crippen molar-refractivity contribution in [3.8, 4) is 0 Å². The van der Waals surface area contributed by atoms with Gasteiger partial charge in [0.1, 0.15) is 5.69 Å². The molecule has 2 fully saturated rings. The van der Waals surface area contributed by atoms with E-state index in [9.17, 15) is 4.79 Å². The summed E-state index contributed by atoms with van der Waals surface area (Å²) in [6, 6.07) is 1.81. The van der Waals surface area contributed by atoms with Gasteiger partial charge in [0.2, 0.25) is 0 Å². The second-order valence-corrected chi connectivity index (χ2v) is 5.81. The van der Waals surface area contributed by atoms with Gasteiger partial charge in [0.25, 0.3) is 5.91 Å². The van der Waals surface area contributed by atoms with Gasteiger partial charge in [0.05, 0.1) is 5.60 Å². The predicted molar refractivity (Wildman–Crippen MR) is 75.6 cm³/mol. The van der Waals surface area contributed by atoms with Gasteiger partial charge in [-0.05, 0) is 45.1 Å². The number of amides is 1. The van der Waals surface area contributed by atoms with Crippen LogP contribution < -0.4 is 0 Å². The van der Waals surface area contributed by atoms with E-state index < -0.39 is 0 Å². The highest BCUT2D eigenvalue weighted by atomic mass is 16.5. The second kappa shape index (κ2) is 5.56. The van der Waals surface area contributed by atoms with E-state index >= 15 is 0 Å². The van der Waals surface area contributed by atoms with Gasteiger partial charge in [0, 0.05) is 32.4 Å². The van der Waals surface area contributed by atoms with Gasteiger partial charge in [-0.15, -0.1) is 0 Å². The number of rotatable bonds is 2. The molecule has 5 nitrogen and oxygen atoms in total.